The summed E-state index contributed by atoms with van der Waals surface area (Å²) in [6.07, 6.45) is -1.67. The van der Waals surface area contributed by atoms with Crippen molar-refractivity contribution in [3.05, 3.63) is 35.9 Å². The number of carbonyl (C=O) groups excluding carboxylic acids is 1. The van der Waals surface area contributed by atoms with E-state index in [1.54, 1.807) is 13.8 Å². The van der Waals surface area contributed by atoms with Gasteiger partial charge in [-0.15, -0.1) is 0 Å². The average Bonchev–Trinajstić information content (AvgIpc) is 2.97. The molecule has 1 unspecified atom stereocenters. The predicted octanol–water partition coefficient (Wildman–Crippen LogP) is 2.97. The molecule has 0 N–H and O–H groups in total. The Bertz CT molecular complexity index is 662. The zero-order valence-electron chi connectivity index (χ0n) is 13.3. The highest BCUT2D eigenvalue weighted by molar-refractivity contribution is 6.61. The van der Waals surface area contributed by atoms with Crippen LogP contribution < -0.4 is 0 Å². The number of hydrogen-bond donors (Lipinski definition) is 0. The van der Waals surface area contributed by atoms with Gasteiger partial charge < -0.3 is 18.9 Å². The Morgan fingerprint density at radius 1 is 1.17 bits per heavy atom. The molecule has 0 bridgehead atoms. The van der Waals surface area contributed by atoms with Crippen molar-refractivity contribution in [1.82, 2.24) is 0 Å². The van der Waals surface area contributed by atoms with Crippen LogP contribution in [0.25, 0.3) is 0 Å². The van der Waals surface area contributed by atoms with Crippen molar-refractivity contribution in [3.8, 4) is 0 Å². The molecule has 4 atom stereocenters. The molecule has 0 amide bonds. The number of Topliss-reactive ketones (excluding diaryl/α,β-unsaturated/α-hetero) is 1. The topological polar surface area (TPSA) is 54.0 Å². The molecule has 1 aliphatic carbocycles. The molecule has 3 fully saturated rings. The quantitative estimate of drug-likeness (QED) is 0.763. The van der Waals surface area contributed by atoms with Gasteiger partial charge in [0.15, 0.2) is 17.9 Å². The molecule has 7 heteroatoms. The molecule has 0 aromatic heterocycles. The lowest BCUT2D eigenvalue weighted by Crippen LogP contribution is -2.70. The summed E-state index contributed by atoms with van der Waals surface area (Å²) in [5, 5.41) is 0. The lowest BCUT2D eigenvalue weighted by Gasteiger charge is -2.50. The molecular formula is C17H18Cl2O5. The van der Waals surface area contributed by atoms with Crippen LogP contribution in [-0.4, -0.2) is 40.0 Å². The normalized spacial score (nSPS) is 39.0. The van der Waals surface area contributed by atoms with Gasteiger partial charge in [0.1, 0.15) is 17.8 Å². The van der Waals surface area contributed by atoms with Gasteiger partial charge in [0.05, 0.1) is 6.61 Å². The monoisotopic (exact) mass is 372 g/mol. The molecule has 1 aromatic rings. The van der Waals surface area contributed by atoms with Crippen LogP contribution in [0.5, 0.6) is 0 Å². The van der Waals surface area contributed by atoms with Crippen molar-refractivity contribution in [2.75, 3.05) is 0 Å². The van der Waals surface area contributed by atoms with E-state index < -0.39 is 34.2 Å². The van der Waals surface area contributed by atoms with Crippen LogP contribution in [0.15, 0.2) is 30.3 Å². The zero-order chi connectivity index (χ0) is 17.2. The maximum absolute atomic E-state index is 11.9. The highest BCUT2D eigenvalue weighted by Crippen LogP contribution is 2.60. The minimum atomic E-state index is -1.66. The first kappa shape index (κ1) is 16.8. The fraction of sp³-hybridized carbons (Fsp3) is 0.588. The molecule has 24 heavy (non-hydrogen) atoms. The SMILES string of the molecule is CC1(C)O[C@H]2O[C@]3(CC(=O)C3(Cl)Cl)C(OCc3ccccc3)[C@@H]2O1. The van der Waals surface area contributed by atoms with E-state index in [0.29, 0.717) is 6.61 Å². The molecule has 3 aliphatic rings. The third kappa shape index (κ3) is 2.34. The van der Waals surface area contributed by atoms with E-state index in [1.165, 1.54) is 0 Å². The molecule has 1 spiro atoms. The van der Waals surface area contributed by atoms with Crippen LogP contribution in [0.2, 0.25) is 0 Å². The fourth-order valence-electron chi connectivity index (χ4n) is 3.57. The van der Waals surface area contributed by atoms with Crippen LogP contribution in [0.1, 0.15) is 25.8 Å². The first-order valence-electron chi connectivity index (χ1n) is 7.85. The third-order valence-electron chi connectivity index (χ3n) is 4.75. The Kier molecular flexibility index (Phi) is 3.77. The maximum atomic E-state index is 11.9. The molecule has 130 valence electrons. The Labute approximate surface area is 150 Å². The summed E-state index contributed by atoms with van der Waals surface area (Å²) >= 11 is 12.6. The van der Waals surface area contributed by atoms with Gasteiger partial charge in [-0.25, -0.2) is 0 Å². The molecule has 2 heterocycles. The highest BCUT2D eigenvalue weighted by Gasteiger charge is 2.77. The van der Waals surface area contributed by atoms with Gasteiger partial charge in [-0.3, -0.25) is 4.79 Å². The number of ketones is 1. The minimum Gasteiger partial charge on any atom is -0.367 e. The zero-order valence-corrected chi connectivity index (χ0v) is 14.8. The van der Waals surface area contributed by atoms with Gasteiger partial charge in [0, 0.05) is 6.42 Å². The molecule has 5 nitrogen and oxygen atoms in total. The Morgan fingerprint density at radius 3 is 2.50 bits per heavy atom. The number of rotatable bonds is 3. The van der Waals surface area contributed by atoms with Gasteiger partial charge in [0.2, 0.25) is 4.33 Å². The van der Waals surface area contributed by atoms with Gasteiger partial charge in [-0.2, -0.15) is 0 Å². The number of fused-ring (bicyclic) bond motifs is 1. The number of hydrogen-bond acceptors (Lipinski definition) is 5. The standard InChI is InChI=1S/C17H18Cl2O5/c1-15(2)22-12-13(21-9-10-6-4-3-5-7-10)16(24-14(12)23-15)8-11(20)17(16,18)19/h3-7,12-14H,8-9H2,1-2H3/t12-,13?,14-,16+/m0/s1. The van der Waals surface area contributed by atoms with E-state index in [2.05, 4.69) is 0 Å². The van der Waals surface area contributed by atoms with Crippen molar-refractivity contribution >= 4 is 29.0 Å². The smallest absolute Gasteiger partial charge is 0.207 e. The third-order valence-corrected chi connectivity index (χ3v) is 5.81. The second-order valence-corrected chi connectivity index (χ2v) is 8.19. The van der Waals surface area contributed by atoms with Crippen molar-refractivity contribution < 1.29 is 23.7 Å². The lowest BCUT2D eigenvalue weighted by atomic mass is 9.73. The molecule has 0 radical (unpaired) electrons. The average molecular weight is 373 g/mol. The summed E-state index contributed by atoms with van der Waals surface area (Å²) in [5.41, 5.74) is -0.150. The van der Waals surface area contributed by atoms with Crippen molar-refractivity contribution in [3.63, 3.8) is 0 Å². The maximum Gasteiger partial charge on any atom is 0.207 e. The van der Waals surface area contributed by atoms with Crippen LogP contribution >= 0.6 is 23.2 Å². The highest BCUT2D eigenvalue weighted by atomic mass is 35.5. The second kappa shape index (κ2) is 5.40. The summed E-state index contributed by atoms with van der Waals surface area (Å²) in [4.78, 5) is 11.9. The number of carbonyl (C=O) groups is 1. The second-order valence-electron chi connectivity index (χ2n) is 6.87. The number of benzene rings is 1. The summed E-state index contributed by atoms with van der Waals surface area (Å²) in [5.74, 6) is -1.07. The van der Waals surface area contributed by atoms with E-state index in [0.717, 1.165) is 5.56 Å². The summed E-state index contributed by atoms with van der Waals surface area (Å²) < 4.78 is 22.1. The van der Waals surface area contributed by atoms with Crippen molar-refractivity contribution in [2.24, 2.45) is 0 Å². The van der Waals surface area contributed by atoms with E-state index in [4.69, 9.17) is 42.1 Å². The van der Waals surface area contributed by atoms with Crippen LogP contribution in [-0.2, 0) is 30.3 Å². The van der Waals surface area contributed by atoms with E-state index >= 15 is 0 Å². The minimum absolute atomic E-state index is 0.0829. The van der Waals surface area contributed by atoms with E-state index in [1.807, 2.05) is 30.3 Å². The van der Waals surface area contributed by atoms with Crippen molar-refractivity contribution in [1.29, 1.82) is 0 Å². The van der Waals surface area contributed by atoms with E-state index in [-0.39, 0.29) is 12.2 Å². The first-order valence-corrected chi connectivity index (χ1v) is 8.61. The number of ether oxygens (including phenoxy) is 4. The summed E-state index contributed by atoms with van der Waals surface area (Å²) in [6, 6.07) is 9.71. The van der Waals surface area contributed by atoms with Gasteiger partial charge in [-0.1, -0.05) is 53.5 Å². The van der Waals surface area contributed by atoms with Crippen LogP contribution in [0, 0.1) is 0 Å². The Hall–Kier alpha value is -0.690. The van der Waals surface area contributed by atoms with Crippen LogP contribution in [0.4, 0.5) is 0 Å². The molecule has 1 aromatic carbocycles. The fourth-order valence-corrected chi connectivity index (χ4v) is 4.14. The Balaban J connectivity index is 1.60. The van der Waals surface area contributed by atoms with Gasteiger partial charge >= 0.3 is 0 Å². The predicted molar refractivity (Wildman–Crippen MR) is 86.7 cm³/mol. The molecule has 1 saturated carbocycles. The Morgan fingerprint density at radius 2 is 1.88 bits per heavy atom. The summed E-state index contributed by atoms with van der Waals surface area (Å²) in [7, 11) is 0. The molecule has 4 rings (SSSR count). The van der Waals surface area contributed by atoms with Crippen molar-refractivity contribution in [2.45, 2.75) is 61.1 Å². The lowest BCUT2D eigenvalue weighted by molar-refractivity contribution is -0.256. The van der Waals surface area contributed by atoms with Crippen LogP contribution in [0.3, 0.4) is 0 Å². The number of halogens is 2. The molecule has 2 saturated heterocycles. The first-order chi connectivity index (χ1) is 11.3. The van der Waals surface area contributed by atoms with Gasteiger partial charge in [-0.05, 0) is 19.4 Å². The molecular weight excluding hydrogens is 355 g/mol. The van der Waals surface area contributed by atoms with Gasteiger partial charge in [0.25, 0.3) is 0 Å². The summed E-state index contributed by atoms with van der Waals surface area (Å²) in [6.45, 7) is 3.94. The largest absolute Gasteiger partial charge is 0.367 e. The number of alkyl halides is 2. The van der Waals surface area contributed by atoms with E-state index in [9.17, 15) is 4.79 Å². The molecule has 2 aliphatic heterocycles.